The number of carbonyl (C=O) groups excluding carboxylic acids is 1. The van der Waals surface area contributed by atoms with Crippen LogP contribution >= 0.6 is 24.8 Å². The van der Waals surface area contributed by atoms with Crippen molar-refractivity contribution < 1.29 is 14.3 Å². The zero-order valence-electron chi connectivity index (χ0n) is 13.0. The van der Waals surface area contributed by atoms with Gasteiger partial charge in [-0.2, -0.15) is 0 Å². The molecule has 2 rings (SSSR count). The Bertz CT molecular complexity index is 466. The zero-order valence-corrected chi connectivity index (χ0v) is 14.6. The molecule has 1 fully saturated rings. The molecule has 1 saturated heterocycles. The van der Waals surface area contributed by atoms with E-state index in [0.717, 1.165) is 44.0 Å². The van der Waals surface area contributed by atoms with Gasteiger partial charge in [0, 0.05) is 32.7 Å². The Labute approximate surface area is 144 Å². The number of esters is 1. The number of hydrogen-bond acceptors (Lipinski definition) is 5. The highest BCUT2D eigenvalue weighted by molar-refractivity contribution is 5.89. The molecule has 0 unspecified atom stereocenters. The van der Waals surface area contributed by atoms with E-state index >= 15 is 0 Å². The molecule has 5 nitrogen and oxygen atoms in total. The second-order valence-electron chi connectivity index (χ2n) is 4.91. The SMILES string of the molecule is COC(=O)c1ccc(OCCN2CCNCC2)c(C)c1.Cl.Cl. The molecular weight excluding hydrogens is 327 g/mol. The van der Waals surface area contributed by atoms with E-state index in [0.29, 0.717) is 12.2 Å². The predicted molar refractivity (Wildman–Crippen MR) is 91.8 cm³/mol. The summed E-state index contributed by atoms with van der Waals surface area (Å²) < 4.78 is 10.5. The van der Waals surface area contributed by atoms with Crippen LogP contribution in [-0.2, 0) is 4.74 Å². The van der Waals surface area contributed by atoms with Crippen molar-refractivity contribution in [1.82, 2.24) is 10.2 Å². The van der Waals surface area contributed by atoms with Crippen LogP contribution in [0.25, 0.3) is 0 Å². The first-order valence-electron chi connectivity index (χ1n) is 6.95. The third-order valence-corrected chi connectivity index (χ3v) is 3.47. The number of nitrogens with one attached hydrogen (secondary N) is 1. The van der Waals surface area contributed by atoms with Gasteiger partial charge in [0.25, 0.3) is 0 Å². The smallest absolute Gasteiger partial charge is 0.337 e. The summed E-state index contributed by atoms with van der Waals surface area (Å²) >= 11 is 0. The zero-order chi connectivity index (χ0) is 14.4. The van der Waals surface area contributed by atoms with Crippen molar-refractivity contribution in [3.63, 3.8) is 0 Å². The largest absolute Gasteiger partial charge is 0.492 e. The highest BCUT2D eigenvalue weighted by atomic mass is 35.5. The van der Waals surface area contributed by atoms with E-state index in [-0.39, 0.29) is 30.8 Å². The molecule has 0 aromatic heterocycles. The molecule has 1 aromatic carbocycles. The van der Waals surface area contributed by atoms with E-state index < -0.39 is 0 Å². The van der Waals surface area contributed by atoms with Crippen molar-refractivity contribution >= 4 is 30.8 Å². The van der Waals surface area contributed by atoms with E-state index in [9.17, 15) is 4.79 Å². The van der Waals surface area contributed by atoms with Gasteiger partial charge in [0.15, 0.2) is 0 Å². The van der Waals surface area contributed by atoms with Gasteiger partial charge >= 0.3 is 5.97 Å². The molecule has 1 aromatic rings. The minimum Gasteiger partial charge on any atom is -0.492 e. The lowest BCUT2D eigenvalue weighted by Crippen LogP contribution is -2.44. The molecule has 0 bridgehead atoms. The quantitative estimate of drug-likeness (QED) is 0.822. The number of rotatable bonds is 5. The summed E-state index contributed by atoms with van der Waals surface area (Å²) in [6, 6.07) is 5.37. The number of aryl methyl sites for hydroxylation is 1. The fraction of sp³-hybridized carbons (Fsp3) is 0.533. The summed E-state index contributed by atoms with van der Waals surface area (Å²) in [4.78, 5) is 13.8. The van der Waals surface area contributed by atoms with Crippen molar-refractivity contribution in [1.29, 1.82) is 0 Å². The van der Waals surface area contributed by atoms with E-state index in [4.69, 9.17) is 9.47 Å². The number of halogens is 2. The number of hydrogen-bond donors (Lipinski definition) is 1. The topological polar surface area (TPSA) is 50.8 Å². The summed E-state index contributed by atoms with van der Waals surface area (Å²) in [5.74, 6) is 0.508. The van der Waals surface area contributed by atoms with Crippen LogP contribution in [0.5, 0.6) is 5.75 Å². The lowest BCUT2D eigenvalue weighted by atomic mass is 10.1. The monoisotopic (exact) mass is 350 g/mol. The summed E-state index contributed by atoms with van der Waals surface area (Å²) in [6.45, 7) is 7.78. The lowest BCUT2D eigenvalue weighted by Gasteiger charge is -2.27. The molecule has 126 valence electrons. The molecule has 22 heavy (non-hydrogen) atoms. The highest BCUT2D eigenvalue weighted by Gasteiger charge is 2.10. The minimum absolute atomic E-state index is 0. The van der Waals surface area contributed by atoms with Gasteiger partial charge in [-0.25, -0.2) is 4.79 Å². The first kappa shape index (κ1) is 21.0. The van der Waals surface area contributed by atoms with Crippen LogP contribution in [0.3, 0.4) is 0 Å². The predicted octanol–water partition coefficient (Wildman–Crippen LogP) is 1.91. The van der Waals surface area contributed by atoms with Crippen molar-refractivity contribution in [2.45, 2.75) is 6.92 Å². The van der Waals surface area contributed by atoms with E-state index in [1.54, 1.807) is 12.1 Å². The maximum absolute atomic E-state index is 11.4. The molecule has 0 amide bonds. The second-order valence-corrected chi connectivity index (χ2v) is 4.91. The van der Waals surface area contributed by atoms with Crippen LogP contribution in [0.1, 0.15) is 15.9 Å². The van der Waals surface area contributed by atoms with Gasteiger partial charge in [-0.3, -0.25) is 4.90 Å². The van der Waals surface area contributed by atoms with Gasteiger partial charge in [-0.1, -0.05) is 0 Å². The van der Waals surface area contributed by atoms with Gasteiger partial charge in [-0.05, 0) is 30.7 Å². The standard InChI is InChI=1S/C15H22N2O3.2ClH/c1-12-11-13(15(18)19-2)3-4-14(12)20-10-9-17-7-5-16-6-8-17;;/h3-4,11,16H,5-10H2,1-2H3;2*1H. The van der Waals surface area contributed by atoms with Gasteiger partial charge in [0.1, 0.15) is 12.4 Å². The Balaban J connectivity index is 0.00000220. The first-order chi connectivity index (χ1) is 9.70. The summed E-state index contributed by atoms with van der Waals surface area (Å²) in [7, 11) is 1.38. The third kappa shape index (κ3) is 6.01. The summed E-state index contributed by atoms with van der Waals surface area (Å²) in [5, 5.41) is 3.33. The maximum atomic E-state index is 11.4. The molecule has 0 aliphatic carbocycles. The van der Waals surface area contributed by atoms with Crippen molar-refractivity contribution in [2.24, 2.45) is 0 Å². The summed E-state index contributed by atoms with van der Waals surface area (Å²) in [6.07, 6.45) is 0. The lowest BCUT2D eigenvalue weighted by molar-refractivity contribution is 0.0600. The number of benzene rings is 1. The Hall–Kier alpha value is -1.01. The number of piperazine rings is 1. The Morgan fingerprint density at radius 2 is 1.95 bits per heavy atom. The molecule has 1 aliphatic rings. The molecule has 1 aliphatic heterocycles. The second kappa shape index (κ2) is 10.7. The van der Waals surface area contributed by atoms with Crippen LogP contribution in [0.4, 0.5) is 0 Å². The Morgan fingerprint density at radius 3 is 2.55 bits per heavy atom. The molecule has 0 saturated carbocycles. The van der Waals surface area contributed by atoms with E-state index in [1.807, 2.05) is 13.0 Å². The van der Waals surface area contributed by atoms with Crippen LogP contribution in [-0.4, -0.2) is 57.3 Å². The highest BCUT2D eigenvalue weighted by Crippen LogP contribution is 2.19. The minimum atomic E-state index is -0.319. The number of methoxy groups -OCH3 is 1. The van der Waals surface area contributed by atoms with Crippen LogP contribution < -0.4 is 10.1 Å². The molecular formula is C15H24Cl2N2O3. The van der Waals surface area contributed by atoms with Gasteiger partial charge < -0.3 is 14.8 Å². The van der Waals surface area contributed by atoms with Crippen molar-refractivity contribution in [2.75, 3.05) is 46.4 Å². The molecule has 0 spiro atoms. The molecule has 0 radical (unpaired) electrons. The maximum Gasteiger partial charge on any atom is 0.337 e. The number of nitrogens with zero attached hydrogens (tertiary/aromatic N) is 1. The third-order valence-electron chi connectivity index (χ3n) is 3.47. The van der Waals surface area contributed by atoms with Gasteiger partial charge in [0.2, 0.25) is 0 Å². The number of ether oxygens (including phenoxy) is 2. The van der Waals surface area contributed by atoms with Crippen LogP contribution in [0.2, 0.25) is 0 Å². The fourth-order valence-corrected chi connectivity index (χ4v) is 2.28. The average Bonchev–Trinajstić information content (AvgIpc) is 2.49. The Kier molecular flexibility index (Phi) is 10.2. The van der Waals surface area contributed by atoms with Crippen molar-refractivity contribution in [3.8, 4) is 5.75 Å². The van der Waals surface area contributed by atoms with Crippen molar-refractivity contribution in [3.05, 3.63) is 29.3 Å². The first-order valence-corrected chi connectivity index (χ1v) is 6.95. The van der Waals surface area contributed by atoms with Gasteiger partial charge in [0.05, 0.1) is 12.7 Å². The normalized spacial score (nSPS) is 14.5. The van der Waals surface area contributed by atoms with Crippen LogP contribution in [0, 0.1) is 6.92 Å². The van der Waals surface area contributed by atoms with E-state index in [1.165, 1.54) is 7.11 Å². The van der Waals surface area contributed by atoms with Crippen LogP contribution in [0.15, 0.2) is 18.2 Å². The molecule has 1 N–H and O–H groups in total. The summed E-state index contributed by atoms with van der Waals surface area (Å²) in [5.41, 5.74) is 1.51. The van der Waals surface area contributed by atoms with E-state index in [2.05, 4.69) is 10.2 Å². The number of carbonyl (C=O) groups is 1. The average molecular weight is 351 g/mol. The Morgan fingerprint density at radius 1 is 1.27 bits per heavy atom. The molecule has 0 atom stereocenters. The van der Waals surface area contributed by atoms with Gasteiger partial charge in [-0.15, -0.1) is 24.8 Å². The fourth-order valence-electron chi connectivity index (χ4n) is 2.28. The molecule has 1 heterocycles. The molecule has 7 heteroatoms.